The lowest BCUT2D eigenvalue weighted by atomic mass is 10.2. The molecule has 0 spiro atoms. The summed E-state index contributed by atoms with van der Waals surface area (Å²) in [6.45, 7) is 2.36. The Morgan fingerprint density at radius 2 is 2.12 bits per heavy atom. The molecule has 1 aliphatic rings. The maximum Gasteiger partial charge on any atom is 0.284 e. The first-order chi connectivity index (χ1) is 12.2. The van der Waals surface area contributed by atoms with Gasteiger partial charge in [-0.25, -0.2) is 5.43 Å². The Bertz CT molecular complexity index is 791. The van der Waals surface area contributed by atoms with Gasteiger partial charge in [0, 0.05) is 5.56 Å². The largest absolute Gasteiger partial charge is 0.504 e. The van der Waals surface area contributed by atoms with Crippen molar-refractivity contribution in [3.63, 3.8) is 0 Å². The van der Waals surface area contributed by atoms with E-state index in [1.807, 2.05) is 13.0 Å². The number of rotatable bonds is 5. The maximum atomic E-state index is 12.1. The van der Waals surface area contributed by atoms with Crippen molar-refractivity contribution in [2.45, 2.75) is 13.0 Å². The van der Waals surface area contributed by atoms with Gasteiger partial charge in [0.05, 0.1) is 12.8 Å². The van der Waals surface area contributed by atoms with Crippen LogP contribution in [-0.4, -0.2) is 36.5 Å². The Morgan fingerprint density at radius 3 is 2.92 bits per heavy atom. The highest BCUT2D eigenvalue weighted by molar-refractivity contribution is 5.87. The molecule has 0 saturated heterocycles. The molecule has 2 aromatic carbocycles. The first kappa shape index (κ1) is 16.6. The highest BCUT2D eigenvalue weighted by Gasteiger charge is 2.27. The quantitative estimate of drug-likeness (QED) is 0.641. The summed E-state index contributed by atoms with van der Waals surface area (Å²) < 4.78 is 16.4. The Morgan fingerprint density at radius 1 is 1.32 bits per heavy atom. The van der Waals surface area contributed by atoms with Gasteiger partial charge in [-0.2, -0.15) is 5.10 Å². The van der Waals surface area contributed by atoms with Crippen LogP contribution >= 0.6 is 0 Å². The second-order valence-electron chi connectivity index (χ2n) is 5.23. The van der Waals surface area contributed by atoms with E-state index in [1.54, 1.807) is 36.4 Å². The van der Waals surface area contributed by atoms with Gasteiger partial charge in [-0.3, -0.25) is 4.79 Å². The zero-order chi connectivity index (χ0) is 17.6. The van der Waals surface area contributed by atoms with Crippen molar-refractivity contribution in [2.75, 3.05) is 13.2 Å². The number of phenols is 1. The van der Waals surface area contributed by atoms with E-state index in [9.17, 15) is 9.90 Å². The van der Waals surface area contributed by atoms with Gasteiger partial charge in [-0.15, -0.1) is 0 Å². The first-order valence-electron chi connectivity index (χ1n) is 7.85. The third-order valence-electron chi connectivity index (χ3n) is 3.51. The Kier molecular flexibility index (Phi) is 5.03. The van der Waals surface area contributed by atoms with Crippen molar-refractivity contribution < 1.29 is 24.1 Å². The number of nitrogens with one attached hydrogen (secondary N) is 1. The molecule has 130 valence electrons. The average molecular weight is 342 g/mol. The molecule has 0 fully saturated rings. The van der Waals surface area contributed by atoms with Crippen LogP contribution in [-0.2, 0) is 4.79 Å². The monoisotopic (exact) mass is 342 g/mol. The summed E-state index contributed by atoms with van der Waals surface area (Å²) in [5, 5.41) is 13.9. The summed E-state index contributed by atoms with van der Waals surface area (Å²) >= 11 is 0. The van der Waals surface area contributed by atoms with Gasteiger partial charge in [0.25, 0.3) is 5.91 Å². The molecule has 0 saturated carbocycles. The minimum absolute atomic E-state index is 0.0338. The fourth-order valence-electron chi connectivity index (χ4n) is 2.30. The molecule has 2 aromatic rings. The fraction of sp³-hybridized carbons (Fsp3) is 0.222. The number of para-hydroxylation sites is 3. The number of carbonyl (C=O) groups excluding carboxylic acids is 1. The SMILES string of the molecule is CCOc1cccc(/C=N\NC(=O)[C@H]2COc3ccccc3O2)c1O. The molecule has 2 N–H and O–H groups in total. The lowest BCUT2D eigenvalue weighted by Gasteiger charge is -2.24. The summed E-state index contributed by atoms with van der Waals surface area (Å²) in [6.07, 6.45) is 0.545. The number of ether oxygens (including phenoxy) is 3. The molecule has 25 heavy (non-hydrogen) atoms. The highest BCUT2D eigenvalue weighted by atomic mass is 16.6. The van der Waals surface area contributed by atoms with Gasteiger partial charge in [0.1, 0.15) is 6.61 Å². The summed E-state index contributed by atoms with van der Waals surface area (Å²) in [5.74, 6) is 1.01. The van der Waals surface area contributed by atoms with Crippen molar-refractivity contribution in [1.82, 2.24) is 5.43 Å². The minimum Gasteiger partial charge on any atom is -0.504 e. The fourth-order valence-corrected chi connectivity index (χ4v) is 2.30. The van der Waals surface area contributed by atoms with Crippen molar-refractivity contribution in [3.8, 4) is 23.0 Å². The second-order valence-corrected chi connectivity index (χ2v) is 5.23. The summed E-state index contributed by atoms with van der Waals surface area (Å²) in [6, 6.07) is 12.2. The number of aromatic hydroxyl groups is 1. The van der Waals surface area contributed by atoms with Crippen LogP contribution in [0.3, 0.4) is 0 Å². The third-order valence-corrected chi connectivity index (χ3v) is 3.51. The molecule has 7 nitrogen and oxygen atoms in total. The van der Waals surface area contributed by atoms with Crippen LogP contribution in [0.25, 0.3) is 0 Å². The number of nitrogens with zero attached hydrogens (tertiary/aromatic N) is 1. The van der Waals surface area contributed by atoms with Crippen molar-refractivity contribution in [1.29, 1.82) is 0 Å². The summed E-state index contributed by atoms with van der Waals surface area (Å²) in [4.78, 5) is 12.1. The van der Waals surface area contributed by atoms with E-state index in [4.69, 9.17) is 14.2 Å². The Balaban J connectivity index is 1.61. The van der Waals surface area contributed by atoms with Gasteiger partial charge < -0.3 is 19.3 Å². The van der Waals surface area contributed by atoms with Gasteiger partial charge in [0.15, 0.2) is 23.0 Å². The second kappa shape index (κ2) is 7.57. The van der Waals surface area contributed by atoms with E-state index in [2.05, 4.69) is 10.5 Å². The van der Waals surface area contributed by atoms with E-state index < -0.39 is 12.0 Å². The molecule has 1 heterocycles. The summed E-state index contributed by atoms with van der Waals surface area (Å²) in [5.41, 5.74) is 2.81. The van der Waals surface area contributed by atoms with Crippen LogP contribution in [0.4, 0.5) is 0 Å². The average Bonchev–Trinajstić information content (AvgIpc) is 2.64. The molecule has 3 rings (SSSR count). The zero-order valence-corrected chi connectivity index (χ0v) is 13.6. The number of hydrazone groups is 1. The van der Waals surface area contributed by atoms with Crippen LogP contribution in [0, 0.1) is 0 Å². The Labute approximate surface area is 144 Å². The van der Waals surface area contributed by atoms with Crippen LogP contribution < -0.4 is 19.6 Å². The number of phenolic OH excluding ortho intramolecular Hbond substituents is 1. The Hall–Kier alpha value is -3.22. The zero-order valence-electron chi connectivity index (χ0n) is 13.6. The van der Waals surface area contributed by atoms with Gasteiger partial charge >= 0.3 is 0 Å². The molecule has 0 radical (unpaired) electrons. The first-order valence-corrected chi connectivity index (χ1v) is 7.85. The predicted molar refractivity (Wildman–Crippen MR) is 91.4 cm³/mol. The number of amides is 1. The number of benzene rings is 2. The molecular formula is C18H18N2O5. The number of fused-ring (bicyclic) bond motifs is 1. The van der Waals surface area contributed by atoms with E-state index in [1.165, 1.54) is 6.21 Å². The van der Waals surface area contributed by atoms with Crippen molar-refractivity contribution in [3.05, 3.63) is 48.0 Å². The summed E-state index contributed by atoms with van der Waals surface area (Å²) in [7, 11) is 0. The molecule has 0 bridgehead atoms. The standard InChI is InChI=1S/C18H18N2O5/c1-2-23-15-9-5-6-12(17(15)21)10-19-20-18(22)16-11-24-13-7-3-4-8-14(13)25-16/h3-10,16,21H,2,11H2,1H3,(H,20,22)/b19-10-/t16-/m1/s1. The van der Waals surface area contributed by atoms with E-state index >= 15 is 0 Å². The number of hydrogen-bond donors (Lipinski definition) is 2. The minimum atomic E-state index is -0.796. The molecule has 0 aromatic heterocycles. The number of carbonyl (C=O) groups is 1. The van der Waals surface area contributed by atoms with Gasteiger partial charge in [0.2, 0.25) is 6.10 Å². The smallest absolute Gasteiger partial charge is 0.284 e. The van der Waals surface area contributed by atoms with Crippen LogP contribution in [0.2, 0.25) is 0 Å². The number of hydrogen-bond acceptors (Lipinski definition) is 6. The molecule has 1 amide bonds. The van der Waals surface area contributed by atoms with E-state index in [-0.39, 0.29) is 12.4 Å². The molecule has 1 atom stereocenters. The van der Waals surface area contributed by atoms with Crippen LogP contribution in [0.15, 0.2) is 47.6 Å². The van der Waals surface area contributed by atoms with Crippen LogP contribution in [0.1, 0.15) is 12.5 Å². The van der Waals surface area contributed by atoms with Crippen LogP contribution in [0.5, 0.6) is 23.0 Å². The molecular weight excluding hydrogens is 324 g/mol. The lowest BCUT2D eigenvalue weighted by Crippen LogP contribution is -2.42. The van der Waals surface area contributed by atoms with Crippen molar-refractivity contribution in [2.24, 2.45) is 5.10 Å². The topological polar surface area (TPSA) is 89.4 Å². The molecule has 7 heteroatoms. The maximum absolute atomic E-state index is 12.1. The third kappa shape index (κ3) is 3.82. The van der Waals surface area contributed by atoms with E-state index in [0.717, 1.165) is 0 Å². The van der Waals surface area contributed by atoms with Gasteiger partial charge in [-0.1, -0.05) is 18.2 Å². The predicted octanol–water partition coefficient (Wildman–Crippen LogP) is 2.08. The lowest BCUT2D eigenvalue weighted by molar-refractivity contribution is -0.130. The highest BCUT2D eigenvalue weighted by Crippen LogP contribution is 2.31. The molecule has 0 aliphatic carbocycles. The van der Waals surface area contributed by atoms with Crippen molar-refractivity contribution >= 4 is 12.1 Å². The molecule has 0 unspecified atom stereocenters. The van der Waals surface area contributed by atoms with E-state index in [0.29, 0.717) is 29.4 Å². The van der Waals surface area contributed by atoms with Gasteiger partial charge in [-0.05, 0) is 31.2 Å². The molecule has 1 aliphatic heterocycles. The normalized spacial score (nSPS) is 15.8.